The molecule has 1 fully saturated rings. The van der Waals surface area contributed by atoms with Crippen molar-refractivity contribution in [2.24, 2.45) is 0 Å². The lowest BCUT2D eigenvalue weighted by Gasteiger charge is -2.31. The van der Waals surface area contributed by atoms with Crippen molar-refractivity contribution in [1.82, 2.24) is 15.0 Å². The van der Waals surface area contributed by atoms with E-state index < -0.39 is 9.84 Å². The summed E-state index contributed by atoms with van der Waals surface area (Å²) >= 11 is 0. The van der Waals surface area contributed by atoms with E-state index in [1.165, 1.54) is 12.1 Å². The van der Waals surface area contributed by atoms with E-state index in [-0.39, 0.29) is 16.7 Å². The fourth-order valence-corrected chi connectivity index (χ4v) is 3.51. The molecule has 128 valence electrons. The van der Waals surface area contributed by atoms with Crippen molar-refractivity contribution in [3.05, 3.63) is 41.5 Å². The van der Waals surface area contributed by atoms with Gasteiger partial charge in [-0.15, -0.1) is 0 Å². The first-order chi connectivity index (χ1) is 11.3. The fraction of sp³-hybridized carbons (Fsp3) is 0.438. The van der Waals surface area contributed by atoms with Crippen LogP contribution in [0.25, 0.3) is 0 Å². The lowest BCUT2D eigenvalue weighted by Crippen LogP contribution is -2.39. The van der Waals surface area contributed by atoms with E-state index in [1.54, 1.807) is 24.0 Å². The van der Waals surface area contributed by atoms with Crippen LogP contribution in [0.4, 0.5) is 0 Å². The molecule has 7 nitrogen and oxygen atoms in total. The van der Waals surface area contributed by atoms with Crippen LogP contribution < -0.4 is 0 Å². The Kier molecular flexibility index (Phi) is 4.40. The summed E-state index contributed by atoms with van der Waals surface area (Å²) in [4.78, 5) is 18.9. The van der Waals surface area contributed by atoms with Crippen molar-refractivity contribution in [2.45, 2.75) is 30.6 Å². The molecule has 1 aromatic heterocycles. The molecular formula is C16H19N3O4S. The predicted molar refractivity (Wildman–Crippen MR) is 86.5 cm³/mol. The van der Waals surface area contributed by atoms with Crippen LogP contribution in [0.2, 0.25) is 0 Å². The van der Waals surface area contributed by atoms with E-state index in [0.29, 0.717) is 30.4 Å². The topological polar surface area (TPSA) is 93.4 Å². The highest BCUT2D eigenvalue weighted by molar-refractivity contribution is 7.90. The van der Waals surface area contributed by atoms with Crippen LogP contribution in [0.3, 0.4) is 0 Å². The molecule has 0 saturated carbocycles. The van der Waals surface area contributed by atoms with Gasteiger partial charge in [-0.1, -0.05) is 5.16 Å². The minimum atomic E-state index is -3.26. The summed E-state index contributed by atoms with van der Waals surface area (Å²) in [5.41, 5.74) is 0.479. The van der Waals surface area contributed by atoms with Crippen LogP contribution in [-0.2, 0) is 9.84 Å². The third-order valence-corrected chi connectivity index (χ3v) is 5.27. The molecule has 2 aromatic rings. The molecule has 0 N–H and O–H groups in total. The van der Waals surface area contributed by atoms with E-state index in [1.807, 2.05) is 0 Å². The molecule has 1 aliphatic heterocycles. The fourth-order valence-electron chi connectivity index (χ4n) is 2.88. The minimum Gasteiger partial charge on any atom is -0.340 e. The van der Waals surface area contributed by atoms with Gasteiger partial charge < -0.3 is 9.42 Å². The third-order valence-electron chi connectivity index (χ3n) is 4.15. The lowest BCUT2D eigenvalue weighted by molar-refractivity contribution is 0.0703. The average molecular weight is 349 g/mol. The second-order valence-electron chi connectivity index (χ2n) is 6.06. The van der Waals surface area contributed by atoms with E-state index in [0.717, 1.165) is 19.1 Å². The van der Waals surface area contributed by atoms with E-state index >= 15 is 0 Å². The Hall–Kier alpha value is -2.22. The lowest BCUT2D eigenvalue weighted by atomic mass is 9.96. The maximum absolute atomic E-state index is 12.7. The molecule has 3 rings (SSSR count). The molecule has 0 radical (unpaired) electrons. The van der Waals surface area contributed by atoms with Crippen LogP contribution in [0.5, 0.6) is 0 Å². The predicted octanol–water partition coefficient (Wildman–Crippen LogP) is 1.80. The number of hydrogen-bond acceptors (Lipinski definition) is 6. The first-order valence-electron chi connectivity index (χ1n) is 7.74. The first-order valence-corrected chi connectivity index (χ1v) is 9.63. The number of aromatic nitrogens is 2. The Morgan fingerprint density at radius 3 is 2.58 bits per heavy atom. The molecule has 24 heavy (non-hydrogen) atoms. The van der Waals surface area contributed by atoms with Gasteiger partial charge >= 0.3 is 0 Å². The summed E-state index contributed by atoms with van der Waals surface area (Å²) in [6.45, 7) is 2.94. The summed E-state index contributed by atoms with van der Waals surface area (Å²) in [6, 6.07) is 6.04. The molecule has 1 atom stereocenters. The highest BCUT2D eigenvalue weighted by Crippen LogP contribution is 2.26. The van der Waals surface area contributed by atoms with Gasteiger partial charge in [-0.25, -0.2) is 8.42 Å². The smallest absolute Gasteiger partial charge is 0.253 e. The van der Waals surface area contributed by atoms with Gasteiger partial charge in [0.15, 0.2) is 15.7 Å². The Balaban J connectivity index is 1.74. The van der Waals surface area contributed by atoms with Crippen molar-refractivity contribution in [3.63, 3.8) is 0 Å². The Morgan fingerprint density at radius 1 is 1.29 bits per heavy atom. The maximum atomic E-state index is 12.7. The number of carbonyl (C=O) groups is 1. The highest BCUT2D eigenvalue weighted by Gasteiger charge is 2.28. The summed E-state index contributed by atoms with van der Waals surface area (Å²) in [6.07, 6.45) is 2.92. The van der Waals surface area contributed by atoms with E-state index in [4.69, 9.17) is 4.52 Å². The van der Waals surface area contributed by atoms with Crippen molar-refractivity contribution in [1.29, 1.82) is 0 Å². The number of sulfone groups is 1. The zero-order valence-electron chi connectivity index (χ0n) is 13.6. The Labute approximate surface area is 140 Å². The number of nitrogens with zero attached hydrogens (tertiary/aromatic N) is 3. The summed E-state index contributed by atoms with van der Waals surface area (Å²) in [5.74, 6) is 1.11. The number of likely N-dealkylation sites (tertiary alicyclic amines) is 1. The third kappa shape index (κ3) is 3.48. The molecule has 2 heterocycles. The SMILES string of the molecule is Cc1nc([C@@H]2CCCN(C(=O)c3ccc(S(C)(=O)=O)cc3)C2)no1. The largest absolute Gasteiger partial charge is 0.340 e. The summed E-state index contributed by atoms with van der Waals surface area (Å²) < 4.78 is 28.0. The van der Waals surface area contributed by atoms with Gasteiger partial charge in [-0.05, 0) is 37.1 Å². The number of hydrogen-bond donors (Lipinski definition) is 0. The summed E-state index contributed by atoms with van der Waals surface area (Å²) in [7, 11) is -3.26. The number of aryl methyl sites for hydroxylation is 1. The number of piperidine rings is 1. The normalized spacial score (nSPS) is 18.6. The van der Waals surface area contributed by atoms with Crippen molar-refractivity contribution >= 4 is 15.7 Å². The highest BCUT2D eigenvalue weighted by atomic mass is 32.2. The van der Waals surface area contributed by atoms with Crippen molar-refractivity contribution in [3.8, 4) is 0 Å². The second-order valence-corrected chi connectivity index (χ2v) is 8.07. The first kappa shape index (κ1) is 16.6. The standard InChI is InChI=1S/C16H19N3O4S/c1-11-17-15(18-23-11)13-4-3-9-19(10-13)16(20)12-5-7-14(8-6-12)24(2,21)22/h5-8,13H,3-4,9-10H2,1-2H3/t13-/m1/s1. The van der Waals surface area contributed by atoms with Gasteiger partial charge in [0.05, 0.1) is 4.90 Å². The molecule has 0 spiro atoms. The van der Waals surface area contributed by atoms with E-state index in [2.05, 4.69) is 10.1 Å². The maximum Gasteiger partial charge on any atom is 0.253 e. The number of rotatable bonds is 3. The van der Waals surface area contributed by atoms with Crippen LogP contribution in [0.15, 0.2) is 33.7 Å². The summed E-state index contributed by atoms with van der Waals surface area (Å²) in [5, 5.41) is 3.95. The van der Waals surface area contributed by atoms with Gasteiger partial charge in [0.25, 0.3) is 5.91 Å². The van der Waals surface area contributed by atoms with E-state index in [9.17, 15) is 13.2 Å². The minimum absolute atomic E-state index is 0.0652. The molecule has 1 amide bonds. The van der Waals surface area contributed by atoms with Crippen LogP contribution >= 0.6 is 0 Å². The molecule has 1 aliphatic rings. The van der Waals surface area contributed by atoms with Gasteiger partial charge in [-0.2, -0.15) is 4.98 Å². The molecule has 0 unspecified atom stereocenters. The van der Waals surface area contributed by atoms with Gasteiger partial charge in [0.2, 0.25) is 5.89 Å². The zero-order chi connectivity index (χ0) is 17.3. The number of amides is 1. The van der Waals surface area contributed by atoms with Crippen molar-refractivity contribution in [2.75, 3.05) is 19.3 Å². The molecule has 1 saturated heterocycles. The van der Waals surface area contributed by atoms with Crippen LogP contribution in [0.1, 0.15) is 40.8 Å². The van der Waals surface area contributed by atoms with Crippen molar-refractivity contribution < 1.29 is 17.7 Å². The van der Waals surface area contributed by atoms with Gasteiger partial charge in [0.1, 0.15) is 0 Å². The molecule has 0 aliphatic carbocycles. The molecule has 8 heteroatoms. The zero-order valence-corrected chi connectivity index (χ0v) is 14.4. The monoisotopic (exact) mass is 349 g/mol. The Bertz CT molecular complexity index is 842. The second kappa shape index (κ2) is 6.35. The molecule has 1 aromatic carbocycles. The Morgan fingerprint density at radius 2 is 2.00 bits per heavy atom. The number of benzene rings is 1. The molecular weight excluding hydrogens is 330 g/mol. The number of carbonyl (C=O) groups excluding carboxylic acids is 1. The van der Waals surface area contributed by atoms with Gasteiger partial charge in [-0.3, -0.25) is 4.79 Å². The molecule has 0 bridgehead atoms. The van der Waals surface area contributed by atoms with Crippen LogP contribution in [-0.4, -0.2) is 48.7 Å². The van der Waals surface area contributed by atoms with Gasteiger partial charge in [0, 0.05) is 37.8 Å². The quantitative estimate of drug-likeness (QED) is 0.839. The average Bonchev–Trinajstić information content (AvgIpc) is 3.00. The van der Waals surface area contributed by atoms with Crippen LogP contribution in [0, 0.1) is 6.92 Å².